The second-order valence-electron chi connectivity index (χ2n) is 9.35. The molecule has 0 fully saturated rings. The van der Waals surface area contributed by atoms with Crippen molar-refractivity contribution in [2.24, 2.45) is 0 Å². The predicted molar refractivity (Wildman–Crippen MR) is 138 cm³/mol. The maximum absolute atomic E-state index is 6.37. The molecule has 0 heterocycles. The van der Waals surface area contributed by atoms with Crippen LogP contribution in [0.1, 0.15) is 82.3 Å². The third kappa shape index (κ3) is 14.2. The van der Waals surface area contributed by atoms with Crippen LogP contribution in [-0.2, 0) is 17.6 Å². The highest BCUT2D eigenvalue weighted by molar-refractivity contribution is 6.71. The lowest BCUT2D eigenvalue weighted by atomic mass is 10.1. The Morgan fingerprint density at radius 1 is 0.774 bits per heavy atom. The summed E-state index contributed by atoms with van der Waals surface area (Å²) >= 11 is 0. The van der Waals surface area contributed by atoms with Crippen molar-refractivity contribution in [3.63, 3.8) is 0 Å². The van der Waals surface area contributed by atoms with Crippen LogP contribution in [0.4, 0.5) is 0 Å². The van der Waals surface area contributed by atoms with Crippen LogP contribution in [0.3, 0.4) is 0 Å². The van der Waals surface area contributed by atoms with Crippen LogP contribution < -0.4 is 0 Å². The van der Waals surface area contributed by atoms with Gasteiger partial charge in [0, 0.05) is 6.54 Å². The fourth-order valence-corrected chi connectivity index (χ4v) is 5.62. The van der Waals surface area contributed by atoms with E-state index in [0.717, 1.165) is 13.2 Å². The summed E-state index contributed by atoms with van der Waals surface area (Å²) in [5, 5.41) is 0. The lowest BCUT2D eigenvalue weighted by molar-refractivity contribution is 0.293. The molecule has 1 aromatic rings. The molecule has 0 atom stereocenters. The summed E-state index contributed by atoms with van der Waals surface area (Å²) in [7, 11) is -1.59. The number of benzene rings is 1. The Morgan fingerprint density at radius 3 is 1.77 bits per heavy atom. The Labute approximate surface area is 194 Å². The zero-order chi connectivity index (χ0) is 22.8. The van der Waals surface area contributed by atoms with Gasteiger partial charge in [-0.15, -0.1) is 12.8 Å². The molecule has 1 rings (SSSR count). The van der Waals surface area contributed by atoms with E-state index >= 15 is 0 Å². The largest absolute Gasteiger partial charge is 0.413 e. The number of hydrogen-bond donors (Lipinski definition) is 0. The topological polar surface area (TPSA) is 12.5 Å². The van der Waals surface area contributed by atoms with E-state index in [2.05, 4.69) is 61.0 Å². The molecular weight excluding hydrogens is 394 g/mol. The molecule has 0 saturated carbocycles. The summed E-state index contributed by atoms with van der Waals surface area (Å²) in [5.74, 6) is 5.35. The van der Waals surface area contributed by atoms with Crippen molar-refractivity contribution in [3.8, 4) is 24.7 Å². The molecule has 0 aliphatic carbocycles. The molecule has 0 N–H and O–H groups in total. The first-order valence-electron chi connectivity index (χ1n) is 12.3. The summed E-state index contributed by atoms with van der Waals surface area (Å²) < 4.78 is 6.37. The van der Waals surface area contributed by atoms with E-state index in [-0.39, 0.29) is 0 Å². The van der Waals surface area contributed by atoms with Gasteiger partial charge in [-0.25, -0.2) is 0 Å². The summed E-state index contributed by atoms with van der Waals surface area (Å²) in [6.45, 7) is 9.65. The fraction of sp³-hybridized carbons (Fsp3) is 0.643. The van der Waals surface area contributed by atoms with E-state index in [0.29, 0.717) is 13.1 Å². The number of nitrogens with zero attached hydrogens (tertiary/aromatic N) is 1. The molecular formula is C28H45NOSi. The summed E-state index contributed by atoms with van der Waals surface area (Å²) in [4.78, 5) is 2.09. The zero-order valence-electron chi connectivity index (χ0n) is 20.4. The number of unbranched alkanes of at least 4 members (excludes halogenated alkanes) is 9. The zero-order valence-corrected chi connectivity index (χ0v) is 21.4. The van der Waals surface area contributed by atoms with Crippen LogP contribution in [0.5, 0.6) is 0 Å². The Balaban J connectivity index is 2.21. The van der Waals surface area contributed by atoms with Gasteiger partial charge in [-0.2, -0.15) is 0 Å². The molecule has 0 unspecified atom stereocenters. The minimum absolute atomic E-state index is 0.577. The first-order valence-corrected chi connectivity index (χ1v) is 15.4. The normalized spacial score (nSPS) is 11.4. The van der Waals surface area contributed by atoms with Crippen LogP contribution in [0.15, 0.2) is 24.3 Å². The molecule has 0 saturated heterocycles. The molecule has 1 aromatic carbocycles. The van der Waals surface area contributed by atoms with Gasteiger partial charge >= 0.3 is 0 Å². The van der Waals surface area contributed by atoms with Crippen molar-refractivity contribution in [1.82, 2.24) is 4.90 Å². The van der Waals surface area contributed by atoms with Gasteiger partial charge in [-0.3, -0.25) is 4.90 Å². The van der Waals surface area contributed by atoms with E-state index in [1.807, 2.05) is 0 Å². The van der Waals surface area contributed by atoms with Gasteiger partial charge in [0.15, 0.2) is 8.32 Å². The monoisotopic (exact) mass is 439 g/mol. The smallest absolute Gasteiger partial charge is 0.187 e. The maximum atomic E-state index is 6.37. The summed E-state index contributed by atoms with van der Waals surface area (Å²) in [6.07, 6.45) is 24.8. The lowest BCUT2D eigenvalue weighted by Crippen LogP contribution is -2.29. The second-order valence-corrected chi connectivity index (χ2v) is 13.7. The SMILES string of the molecule is C#CCN(CC#C)Cc1ccc(CO[Si](C)(C)CCCCCCCCCCCC)cc1. The molecule has 2 nitrogen and oxygen atoms in total. The molecule has 0 spiro atoms. The number of hydrogen-bond acceptors (Lipinski definition) is 2. The second kappa shape index (κ2) is 17.1. The summed E-state index contributed by atoms with van der Waals surface area (Å²) in [6, 6.07) is 9.92. The van der Waals surface area contributed by atoms with E-state index in [1.54, 1.807) is 0 Å². The van der Waals surface area contributed by atoms with Crippen molar-refractivity contribution in [2.75, 3.05) is 13.1 Å². The van der Waals surface area contributed by atoms with Gasteiger partial charge in [0.2, 0.25) is 0 Å². The Kier molecular flexibility index (Phi) is 15.2. The molecule has 0 aliphatic heterocycles. The van der Waals surface area contributed by atoms with Gasteiger partial charge in [0.25, 0.3) is 0 Å². The maximum Gasteiger partial charge on any atom is 0.187 e. The molecule has 172 valence electrons. The highest BCUT2D eigenvalue weighted by atomic mass is 28.4. The van der Waals surface area contributed by atoms with E-state index in [9.17, 15) is 0 Å². The third-order valence-electron chi connectivity index (χ3n) is 5.82. The first kappa shape index (κ1) is 27.5. The van der Waals surface area contributed by atoms with Crippen molar-refractivity contribution < 1.29 is 4.43 Å². The van der Waals surface area contributed by atoms with E-state index in [4.69, 9.17) is 17.3 Å². The highest BCUT2D eigenvalue weighted by Gasteiger charge is 2.21. The Morgan fingerprint density at radius 2 is 1.26 bits per heavy atom. The van der Waals surface area contributed by atoms with Crippen LogP contribution in [-0.4, -0.2) is 26.3 Å². The molecule has 3 heteroatoms. The van der Waals surface area contributed by atoms with Gasteiger partial charge in [0.05, 0.1) is 19.7 Å². The highest BCUT2D eigenvalue weighted by Crippen LogP contribution is 2.20. The van der Waals surface area contributed by atoms with Crippen LogP contribution >= 0.6 is 0 Å². The first-order chi connectivity index (χ1) is 15.0. The standard InChI is InChI=1S/C28H45NOSi/c1-6-9-10-11-12-13-14-15-16-17-24-31(4,5)30-26-28-20-18-27(19-21-28)25-29(22-7-2)23-8-3/h2-3,18-21H,6,9-17,22-26H2,1,4-5H3. The number of rotatable bonds is 18. The Bertz CT molecular complexity index is 637. The molecule has 0 amide bonds. The van der Waals surface area contributed by atoms with Crippen molar-refractivity contribution >= 4 is 8.32 Å². The van der Waals surface area contributed by atoms with Gasteiger partial charge in [0.1, 0.15) is 0 Å². The fourth-order valence-electron chi connectivity index (χ4n) is 3.81. The van der Waals surface area contributed by atoms with Crippen LogP contribution in [0.25, 0.3) is 0 Å². The third-order valence-corrected chi connectivity index (χ3v) is 8.30. The van der Waals surface area contributed by atoms with Crippen molar-refractivity contribution in [2.45, 2.75) is 103 Å². The van der Waals surface area contributed by atoms with E-state index < -0.39 is 8.32 Å². The van der Waals surface area contributed by atoms with Gasteiger partial charge in [-0.1, -0.05) is 107 Å². The van der Waals surface area contributed by atoms with Crippen LogP contribution in [0, 0.1) is 24.7 Å². The average Bonchev–Trinajstić information content (AvgIpc) is 2.75. The van der Waals surface area contributed by atoms with Gasteiger partial charge in [-0.05, 0) is 30.3 Å². The quantitative estimate of drug-likeness (QED) is 0.134. The number of terminal acetylenes is 2. The van der Waals surface area contributed by atoms with Crippen molar-refractivity contribution in [3.05, 3.63) is 35.4 Å². The Hall–Kier alpha value is -1.52. The minimum atomic E-state index is -1.59. The molecule has 0 bridgehead atoms. The van der Waals surface area contributed by atoms with Gasteiger partial charge < -0.3 is 4.43 Å². The summed E-state index contributed by atoms with van der Waals surface area (Å²) in [5.41, 5.74) is 2.48. The van der Waals surface area contributed by atoms with Crippen molar-refractivity contribution in [1.29, 1.82) is 0 Å². The molecule has 31 heavy (non-hydrogen) atoms. The lowest BCUT2D eigenvalue weighted by Gasteiger charge is -2.23. The molecule has 0 aliphatic rings. The minimum Gasteiger partial charge on any atom is -0.413 e. The average molecular weight is 440 g/mol. The van der Waals surface area contributed by atoms with Crippen LogP contribution in [0.2, 0.25) is 19.1 Å². The molecule has 0 aromatic heterocycles. The molecule has 0 radical (unpaired) electrons. The van der Waals surface area contributed by atoms with E-state index in [1.165, 1.54) is 81.4 Å². The predicted octanol–water partition coefficient (Wildman–Crippen LogP) is 7.40.